The van der Waals surface area contributed by atoms with Gasteiger partial charge in [0.2, 0.25) is 5.91 Å². The smallest absolute Gasteiger partial charge is 0.251 e. The van der Waals surface area contributed by atoms with Gasteiger partial charge < -0.3 is 14.6 Å². The van der Waals surface area contributed by atoms with Crippen LogP contribution in [-0.2, 0) is 10.2 Å². The van der Waals surface area contributed by atoms with E-state index in [0.29, 0.717) is 18.1 Å². The maximum atomic E-state index is 13.4. The summed E-state index contributed by atoms with van der Waals surface area (Å²) >= 11 is 0. The minimum absolute atomic E-state index is 0.147. The molecule has 26 heavy (non-hydrogen) atoms. The first-order chi connectivity index (χ1) is 12.5. The number of nitrogens with one attached hydrogen (secondary N) is 1. The maximum absolute atomic E-state index is 13.4. The van der Waals surface area contributed by atoms with Crippen LogP contribution in [0.5, 0.6) is 5.75 Å². The Morgan fingerprint density at radius 1 is 1.31 bits per heavy atom. The van der Waals surface area contributed by atoms with Gasteiger partial charge in [-0.25, -0.2) is 4.98 Å². The molecule has 1 saturated heterocycles. The molecule has 0 bridgehead atoms. The summed E-state index contributed by atoms with van der Waals surface area (Å²) in [5.41, 5.74) is 1.13. The molecule has 1 aliphatic carbocycles. The van der Waals surface area contributed by atoms with Crippen molar-refractivity contribution in [3.05, 3.63) is 57.8 Å². The number of aromatic nitrogens is 2. The zero-order chi connectivity index (χ0) is 18.3. The van der Waals surface area contributed by atoms with Crippen LogP contribution in [-0.4, -0.2) is 34.4 Å². The Hall–Kier alpha value is -2.63. The van der Waals surface area contributed by atoms with Crippen molar-refractivity contribution in [3.63, 3.8) is 0 Å². The number of rotatable bonds is 4. The van der Waals surface area contributed by atoms with Crippen LogP contribution < -0.4 is 10.3 Å². The van der Waals surface area contributed by atoms with Gasteiger partial charge in [0.05, 0.1) is 18.6 Å². The van der Waals surface area contributed by atoms with Crippen LogP contribution in [0.15, 0.2) is 35.1 Å². The maximum Gasteiger partial charge on any atom is 0.251 e. The molecule has 1 aromatic heterocycles. The number of hydrogen-bond donors (Lipinski definition) is 1. The molecule has 1 saturated carbocycles. The van der Waals surface area contributed by atoms with Crippen molar-refractivity contribution in [2.75, 3.05) is 13.7 Å². The molecule has 6 nitrogen and oxygen atoms in total. The fraction of sp³-hybridized carbons (Fsp3) is 0.450. The van der Waals surface area contributed by atoms with Gasteiger partial charge in [0.15, 0.2) is 0 Å². The molecule has 0 radical (unpaired) electrons. The molecule has 1 N–H and O–H groups in total. The molecule has 2 fully saturated rings. The second-order valence-corrected chi connectivity index (χ2v) is 7.24. The van der Waals surface area contributed by atoms with Gasteiger partial charge in [-0.15, -0.1) is 0 Å². The van der Waals surface area contributed by atoms with Gasteiger partial charge in [-0.05, 0) is 50.3 Å². The largest absolute Gasteiger partial charge is 0.497 e. The number of aromatic amines is 1. The highest BCUT2D eigenvalue weighted by molar-refractivity contribution is 5.91. The first-order valence-electron chi connectivity index (χ1n) is 9.07. The number of H-pyrrole nitrogens is 1. The molecule has 1 aliphatic heterocycles. The summed E-state index contributed by atoms with van der Waals surface area (Å²) in [4.78, 5) is 34.5. The zero-order valence-electron chi connectivity index (χ0n) is 15.1. The Morgan fingerprint density at radius 2 is 2.04 bits per heavy atom. The van der Waals surface area contributed by atoms with Gasteiger partial charge in [0, 0.05) is 18.3 Å². The second-order valence-electron chi connectivity index (χ2n) is 7.24. The van der Waals surface area contributed by atoms with E-state index in [2.05, 4.69) is 9.97 Å². The third-order valence-corrected chi connectivity index (χ3v) is 5.52. The molecule has 136 valence electrons. The molecule has 1 amide bonds. The lowest BCUT2D eigenvalue weighted by Gasteiger charge is -2.28. The number of benzene rings is 1. The van der Waals surface area contributed by atoms with E-state index >= 15 is 0 Å². The summed E-state index contributed by atoms with van der Waals surface area (Å²) in [5.74, 6) is 1.54. The first-order valence-corrected chi connectivity index (χ1v) is 9.07. The van der Waals surface area contributed by atoms with Crippen LogP contribution >= 0.6 is 0 Å². The van der Waals surface area contributed by atoms with Crippen molar-refractivity contribution in [2.24, 2.45) is 0 Å². The van der Waals surface area contributed by atoms with Gasteiger partial charge in [-0.2, -0.15) is 0 Å². The molecule has 0 spiro atoms. The Balaban J connectivity index is 1.63. The first kappa shape index (κ1) is 16.8. The highest BCUT2D eigenvalue weighted by atomic mass is 16.5. The van der Waals surface area contributed by atoms with E-state index in [9.17, 15) is 9.59 Å². The molecule has 0 unspecified atom stereocenters. The number of aryl methyl sites for hydroxylation is 1. The van der Waals surface area contributed by atoms with E-state index < -0.39 is 5.41 Å². The van der Waals surface area contributed by atoms with E-state index in [4.69, 9.17) is 4.74 Å². The van der Waals surface area contributed by atoms with Crippen LogP contribution in [0.2, 0.25) is 0 Å². The lowest BCUT2D eigenvalue weighted by Crippen LogP contribution is -2.39. The number of likely N-dealkylation sites (tertiary alicyclic amines) is 1. The minimum atomic E-state index is -0.432. The SMILES string of the molecule is COc1ccc(C2(C(=O)N3CCC[C@H]3c3nc(C)cc(=O)[nH]3)CC2)cc1. The van der Waals surface area contributed by atoms with Crippen LogP contribution in [0.1, 0.15) is 48.8 Å². The number of ether oxygens (including phenoxy) is 1. The number of carbonyl (C=O) groups is 1. The Morgan fingerprint density at radius 3 is 2.65 bits per heavy atom. The third kappa shape index (κ3) is 2.79. The topological polar surface area (TPSA) is 75.3 Å². The Kier molecular flexibility index (Phi) is 4.05. The van der Waals surface area contributed by atoms with Gasteiger partial charge in [0.1, 0.15) is 11.6 Å². The summed E-state index contributed by atoms with van der Waals surface area (Å²) in [5, 5.41) is 0. The minimum Gasteiger partial charge on any atom is -0.497 e. The predicted octanol–water partition coefficient (Wildman–Crippen LogP) is 2.48. The number of amides is 1. The third-order valence-electron chi connectivity index (χ3n) is 5.52. The number of hydrogen-bond acceptors (Lipinski definition) is 4. The molecule has 2 aromatic rings. The average molecular weight is 353 g/mol. The molecule has 2 aliphatic rings. The predicted molar refractivity (Wildman–Crippen MR) is 97.2 cm³/mol. The highest BCUT2D eigenvalue weighted by Crippen LogP contribution is 2.51. The van der Waals surface area contributed by atoms with Gasteiger partial charge >= 0.3 is 0 Å². The Labute approximate surface area is 152 Å². The number of carbonyl (C=O) groups excluding carboxylic acids is 1. The number of methoxy groups -OCH3 is 1. The summed E-state index contributed by atoms with van der Waals surface area (Å²) in [6, 6.07) is 9.12. The van der Waals surface area contributed by atoms with E-state index in [1.165, 1.54) is 6.07 Å². The molecule has 1 atom stereocenters. The van der Waals surface area contributed by atoms with Crippen molar-refractivity contribution >= 4 is 5.91 Å². The molecule has 1 aromatic carbocycles. The van der Waals surface area contributed by atoms with Crippen molar-refractivity contribution in [1.82, 2.24) is 14.9 Å². The summed E-state index contributed by atoms with van der Waals surface area (Å²) in [6.07, 6.45) is 3.47. The lowest BCUT2D eigenvalue weighted by molar-refractivity contribution is -0.135. The second kappa shape index (κ2) is 6.27. The molecule has 2 heterocycles. The van der Waals surface area contributed by atoms with E-state index in [1.54, 1.807) is 14.0 Å². The summed E-state index contributed by atoms with van der Waals surface area (Å²) in [7, 11) is 1.64. The fourth-order valence-electron chi connectivity index (χ4n) is 3.99. The Bertz CT molecular complexity index is 884. The van der Waals surface area contributed by atoms with Gasteiger partial charge in [-0.1, -0.05) is 12.1 Å². The number of nitrogens with zero attached hydrogens (tertiary/aromatic N) is 2. The normalized spacial score (nSPS) is 20.8. The quantitative estimate of drug-likeness (QED) is 0.916. The van der Waals surface area contributed by atoms with E-state index in [1.807, 2.05) is 29.2 Å². The molecular formula is C20H23N3O3. The van der Waals surface area contributed by atoms with Crippen molar-refractivity contribution in [1.29, 1.82) is 0 Å². The fourth-order valence-corrected chi connectivity index (χ4v) is 3.99. The summed E-state index contributed by atoms with van der Waals surface area (Å²) in [6.45, 7) is 2.51. The molecule has 6 heteroatoms. The zero-order valence-corrected chi connectivity index (χ0v) is 15.1. The van der Waals surface area contributed by atoms with Crippen LogP contribution in [0.3, 0.4) is 0 Å². The summed E-state index contributed by atoms with van der Waals surface area (Å²) < 4.78 is 5.22. The molecule has 4 rings (SSSR count). The van der Waals surface area contributed by atoms with Gasteiger partial charge in [0.25, 0.3) is 5.56 Å². The highest BCUT2D eigenvalue weighted by Gasteiger charge is 2.54. The lowest BCUT2D eigenvalue weighted by atomic mass is 9.93. The van der Waals surface area contributed by atoms with Crippen molar-refractivity contribution < 1.29 is 9.53 Å². The van der Waals surface area contributed by atoms with Crippen LogP contribution in [0, 0.1) is 6.92 Å². The van der Waals surface area contributed by atoms with Gasteiger partial charge in [-0.3, -0.25) is 9.59 Å². The van der Waals surface area contributed by atoms with Crippen molar-refractivity contribution in [2.45, 2.75) is 44.1 Å². The van der Waals surface area contributed by atoms with Crippen LogP contribution in [0.4, 0.5) is 0 Å². The molecular weight excluding hydrogens is 330 g/mol. The van der Waals surface area contributed by atoms with E-state index in [0.717, 1.165) is 37.0 Å². The monoisotopic (exact) mass is 353 g/mol. The standard InChI is InChI=1S/C20H23N3O3/c1-13-12-17(24)22-18(21-13)16-4-3-11-23(16)19(25)20(9-10-20)14-5-7-15(26-2)8-6-14/h5-8,12,16H,3-4,9-11H2,1-2H3,(H,21,22,24)/t16-/m0/s1. The van der Waals surface area contributed by atoms with Crippen molar-refractivity contribution in [3.8, 4) is 5.75 Å². The van der Waals surface area contributed by atoms with E-state index in [-0.39, 0.29) is 17.5 Å². The van der Waals surface area contributed by atoms with Crippen LogP contribution in [0.25, 0.3) is 0 Å². The average Bonchev–Trinajstić information content (AvgIpc) is 3.30.